The molecule has 1 N–H and O–H groups in total. The summed E-state index contributed by atoms with van der Waals surface area (Å²) in [7, 11) is 1.56. The Bertz CT molecular complexity index is 342. The predicted molar refractivity (Wildman–Crippen MR) is 51.3 cm³/mol. The number of hydrogen-bond acceptors (Lipinski definition) is 3. The van der Waals surface area contributed by atoms with E-state index in [1.165, 1.54) is 0 Å². The Labute approximate surface area is 82.6 Å². The fourth-order valence-electron chi connectivity index (χ4n) is 1.11. The van der Waals surface area contributed by atoms with Crippen molar-refractivity contribution < 1.29 is 4.79 Å². The van der Waals surface area contributed by atoms with E-state index in [1.807, 2.05) is 0 Å². The summed E-state index contributed by atoms with van der Waals surface area (Å²) in [6.45, 7) is 0. The minimum absolute atomic E-state index is 0.139. The van der Waals surface area contributed by atoms with Crippen LogP contribution in [0, 0.1) is 11.3 Å². The van der Waals surface area contributed by atoms with E-state index >= 15 is 0 Å². The Morgan fingerprint density at radius 3 is 3.07 bits per heavy atom. The van der Waals surface area contributed by atoms with Crippen LogP contribution in [0.4, 0.5) is 0 Å². The minimum atomic E-state index is -0.413. The van der Waals surface area contributed by atoms with Gasteiger partial charge in [0, 0.05) is 25.9 Å². The van der Waals surface area contributed by atoms with Gasteiger partial charge < -0.3 is 5.32 Å². The zero-order valence-corrected chi connectivity index (χ0v) is 7.90. The van der Waals surface area contributed by atoms with E-state index in [1.54, 1.807) is 31.6 Å². The second-order valence-corrected chi connectivity index (χ2v) is 2.85. The lowest BCUT2D eigenvalue weighted by atomic mass is 9.99. The average molecular weight is 189 g/mol. The Balaban J connectivity index is 2.74. The van der Waals surface area contributed by atoms with Crippen LogP contribution in [0.3, 0.4) is 0 Å². The number of aromatic nitrogens is 1. The van der Waals surface area contributed by atoms with Gasteiger partial charge in [-0.15, -0.1) is 0 Å². The number of pyridine rings is 1. The van der Waals surface area contributed by atoms with Gasteiger partial charge in [-0.2, -0.15) is 5.26 Å². The molecule has 72 valence electrons. The number of hydrogen-bond donors (Lipinski definition) is 1. The Morgan fingerprint density at radius 2 is 2.57 bits per heavy atom. The SMILES string of the molecule is CNC(=O)CC(C#N)c1cccnc1. The zero-order valence-electron chi connectivity index (χ0n) is 7.90. The number of nitrogens with one attached hydrogen (secondary N) is 1. The lowest BCUT2D eigenvalue weighted by Gasteiger charge is -2.06. The molecule has 1 unspecified atom stereocenters. The topological polar surface area (TPSA) is 65.8 Å². The normalized spacial score (nSPS) is 11.4. The lowest BCUT2D eigenvalue weighted by molar-refractivity contribution is -0.120. The van der Waals surface area contributed by atoms with Crippen molar-refractivity contribution in [2.75, 3.05) is 7.05 Å². The zero-order chi connectivity index (χ0) is 10.4. The summed E-state index contributed by atoms with van der Waals surface area (Å²) in [6, 6.07) is 5.63. The lowest BCUT2D eigenvalue weighted by Crippen LogP contribution is -2.20. The smallest absolute Gasteiger partial charge is 0.221 e. The van der Waals surface area contributed by atoms with Crippen molar-refractivity contribution in [3.8, 4) is 6.07 Å². The summed E-state index contributed by atoms with van der Waals surface area (Å²) in [5.74, 6) is -0.552. The second-order valence-electron chi connectivity index (χ2n) is 2.85. The molecule has 0 aliphatic heterocycles. The van der Waals surface area contributed by atoms with Crippen molar-refractivity contribution in [2.45, 2.75) is 12.3 Å². The van der Waals surface area contributed by atoms with Gasteiger partial charge in [0.15, 0.2) is 0 Å². The van der Waals surface area contributed by atoms with E-state index in [4.69, 9.17) is 5.26 Å². The van der Waals surface area contributed by atoms with Crippen molar-refractivity contribution >= 4 is 5.91 Å². The highest BCUT2D eigenvalue weighted by Crippen LogP contribution is 2.16. The molecule has 0 aliphatic rings. The molecule has 0 bridgehead atoms. The van der Waals surface area contributed by atoms with Crippen molar-refractivity contribution in [3.05, 3.63) is 30.1 Å². The first-order valence-corrected chi connectivity index (χ1v) is 4.28. The molecule has 1 aromatic heterocycles. The van der Waals surface area contributed by atoms with Crippen LogP contribution in [-0.4, -0.2) is 17.9 Å². The van der Waals surface area contributed by atoms with Gasteiger partial charge in [-0.3, -0.25) is 9.78 Å². The molecule has 0 radical (unpaired) electrons. The molecule has 1 aromatic rings. The fraction of sp³-hybridized carbons (Fsp3) is 0.300. The van der Waals surface area contributed by atoms with Crippen molar-refractivity contribution in [1.29, 1.82) is 5.26 Å². The molecule has 14 heavy (non-hydrogen) atoms. The molecule has 1 atom stereocenters. The summed E-state index contributed by atoms with van der Waals surface area (Å²) < 4.78 is 0. The quantitative estimate of drug-likeness (QED) is 0.765. The molecule has 0 aromatic carbocycles. The first-order valence-electron chi connectivity index (χ1n) is 4.28. The number of rotatable bonds is 3. The van der Waals surface area contributed by atoms with E-state index < -0.39 is 5.92 Å². The molecule has 1 heterocycles. The molecule has 1 amide bonds. The monoisotopic (exact) mass is 189 g/mol. The summed E-state index contributed by atoms with van der Waals surface area (Å²) in [5.41, 5.74) is 0.776. The number of nitriles is 1. The van der Waals surface area contributed by atoms with Gasteiger partial charge in [0.2, 0.25) is 5.91 Å². The van der Waals surface area contributed by atoms with E-state index in [9.17, 15) is 4.79 Å². The number of amides is 1. The maximum atomic E-state index is 11.1. The van der Waals surface area contributed by atoms with E-state index in [0.29, 0.717) is 0 Å². The van der Waals surface area contributed by atoms with Crippen molar-refractivity contribution in [3.63, 3.8) is 0 Å². The third-order valence-electron chi connectivity index (χ3n) is 1.91. The van der Waals surface area contributed by atoms with Crippen LogP contribution in [0.2, 0.25) is 0 Å². The molecular weight excluding hydrogens is 178 g/mol. The van der Waals surface area contributed by atoms with E-state index in [2.05, 4.69) is 16.4 Å². The number of carbonyl (C=O) groups is 1. The van der Waals surface area contributed by atoms with E-state index in [-0.39, 0.29) is 12.3 Å². The van der Waals surface area contributed by atoms with Crippen LogP contribution in [0.5, 0.6) is 0 Å². The summed E-state index contributed by atoms with van der Waals surface area (Å²) >= 11 is 0. The number of nitrogens with zero attached hydrogens (tertiary/aromatic N) is 2. The molecular formula is C10H11N3O. The maximum Gasteiger partial charge on any atom is 0.221 e. The molecule has 1 rings (SSSR count). The third-order valence-corrected chi connectivity index (χ3v) is 1.91. The van der Waals surface area contributed by atoms with Crippen molar-refractivity contribution in [1.82, 2.24) is 10.3 Å². The molecule has 0 saturated carbocycles. The molecule has 4 heteroatoms. The second kappa shape index (κ2) is 4.97. The highest BCUT2D eigenvalue weighted by Gasteiger charge is 2.14. The van der Waals surface area contributed by atoms with Gasteiger partial charge in [0.05, 0.1) is 12.0 Å². The average Bonchev–Trinajstić information content (AvgIpc) is 2.26. The van der Waals surface area contributed by atoms with Crippen LogP contribution >= 0.6 is 0 Å². The third kappa shape index (κ3) is 2.56. The minimum Gasteiger partial charge on any atom is -0.359 e. The first-order chi connectivity index (χ1) is 6.77. The highest BCUT2D eigenvalue weighted by atomic mass is 16.1. The Kier molecular flexibility index (Phi) is 3.62. The standard InChI is InChI=1S/C10H11N3O/c1-12-10(14)5-9(6-11)8-3-2-4-13-7-8/h2-4,7,9H,5H2,1H3,(H,12,14). The molecule has 0 spiro atoms. The maximum absolute atomic E-state index is 11.1. The van der Waals surface area contributed by atoms with Crippen LogP contribution < -0.4 is 5.32 Å². The van der Waals surface area contributed by atoms with Crippen LogP contribution in [0.25, 0.3) is 0 Å². The molecule has 4 nitrogen and oxygen atoms in total. The van der Waals surface area contributed by atoms with Crippen molar-refractivity contribution in [2.24, 2.45) is 0 Å². The van der Waals surface area contributed by atoms with Crippen LogP contribution in [0.1, 0.15) is 17.9 Å². The van der Waals surface area contributed by atoms with Crippen LogP contribution in [0.15, 0.2) is 24.5 Å². The van der Waals surface area contributed by atoms with Gasteiger partial charge in [-0.05, 0) is 11.6 Å². The summed E-state index contributed by atoms with van der Waals surface area (Å²) in [6.07, 6.45) is 3.42. The largest absolute Gasteiger partial charge is 0.359 e. The highest BCUT2D eigenvalue weighted by molar-refractivity contribution is 5.76. The fourth-order valence-corrected chi connectivity index (χ4v) is 1.11. The molecule has 0 aliphatic carbocycles. The van der Waals surface area contributed by atoms with E-state index in [0.717, 1.165) is 5.56 Å². The number of carbonyl (C=O) groups excluding carboxylic acids is 1. The van der Waals surface area contributed by atoms with Gasteiger partial charge in [0.25, 0.3) is 0 Å². The van der Waals surface area contributed by atoms with Crippen LogP contribution in [-0.2, 0) is 4.79 Å². The summed E-state index contributed by atoms with van der Waals surface area (Å²) in [4.78, 5) is 15.0. The molecule has 0 fully saturated rings. The van der Waals surface area contributed by atoms with Gasteiger partial charge >= 0.3 is 0 Å². The van der Waals surface area contributed by atoms with Gasteiger partial charge in [-0.1, -0.05) is 6.07 Å². The van der Waals surface area contributed by atoms with Gasteiger partial charge in [0.1, 0.15) is 0 Å². The van der Waals surface area contributed by atoms with Gasteiger partial charge in [-0.25, -0.2) is 0 Å². The molecule has 0 saturated heterocycles. The Morgan fingerprint density at radius 1 is 1.79 bits per heavy atom. The predicted octanol–water partition coefficient (Wildman–Crippen LogP) is 0.825. The summed E-state index contributed by atoms with van der Waals surface area (Å²) in [5, 5.41) is 11.4. The first kappa shape index (κ1) is 10.2. The Hall–Kier alpha value is -1.89.